The lowest BCUT2D eigenvalue weighted by Gasteiger charge is -2.07. The highest BCUT2D eigenvalue weighted by Crippen LogP contribution is 2.27. The number of aromatic nitrogens is 2. The molecule has 3 aromatic carbocycles. The summed E-state index contributed by atoms with van der Waals surface area (Å²) >= 11 is 0. The zero-order chi connectivity index (χ0) is 22.7. The van der Waals surface area contributed by atoms with E-state index in [9.17, 15) is 13.2 Å². The van der Waals surface area contributed by atoms with Gasteiger partial charge in [-0.3, -0.25) is 4.79 Å². The van der Waals surface area contributed by atoms with Crippen LogP contribution in [0, 0.1) is 0 Å². The second-order valence-electron chi connectivity index (χ2n) is 6.92. The number of methoxy groups -OCH3 is 1. The summed E-state index contributed by atoms with van der Waals surface area (Å²) in [5.74, 6) is 0.304. The molecule has 0 atom stereocenters. The first-order valence-corrected chi connectivity index (χ1v) is 11.1. The van der Waals surface area contributed by atoms with Crippen LogP contribution in [0.1, 0.15) is 10.4 Å². The van der Waals surface area contributed by atoms with Gasteiger partial charge in [0.25, 0.3) is 5.91 Å². The number of carbonyl (C=O) groups is 1. The van der Waals surface area contributed by atoms with Gasteiger partial charge in [0.2, 0.25) is 10.0 Å². The van der Waals surface area contributed by atoms with Gasteiger partial charge >= 0.3 is 0 Å². The van der Waals surface area contributed by atoms with Crippen LogP contribution in [-0.4, -0.2) is 31.2 Å². The number of amides is 1. The van der Waals surface area contributed by atoms with Crippen LogP contribution in [0.2, 0.25) is 0 Å². The average Bonchev–Trinajstić information content (AvgIpc) is 3.25. The van der Waals surface area contributed by atoms with Crippen LogP contribution in [0.3, 0.4) is 0 Å². The third-order valence-electron chi connectivity index (χ3n) is 4.78. The summed E-state index contributed by atoms with van der Waals surface area (Å²) in [5.41, 5.74) is 2.83. The van der Waals surface area contributed by atoms with Gasteiger partial charge in [0.05, 0.1) is 23.3 Å². The molecule has 0 aliphatic rings. The van der Waals surface area contributed by atoms with Gasteiger partial charge in [0, 0.05) is 17.4 Å². The number of benzene rings is 3. The third-order valence-corrected chi connectivity index (χ3v) is 5.71. The Morgan fingerprint density at radius 3 is 2.22 bits per heavy atom. The fraction of sp³-hybridized carbons (Fsp3) is 0.0435. The summed E-state index contributed by atoms with van der Waals surface area (Å²) in [7, 11) is -2.23. The average molecular weight is 449 g/mol. The number of nitrogens with one attached hydrogen (secondary N) is 1. The van der Waals surface area contributed by atoms with Crippen LogP contribution in [0.4, 0.5) is 5.69 Å². The van der Waals surface area contributed by atoms with Crippen LogP contribution in [0.5, 0.6) is 5.75 Å². The van der Waals surface area contributed by atoms with Crippen molar-refractivity contribution in [1.29, 1.82) is 0 Å². The Balaban J connectivity index is 1.70. The maximum absolute atomic E-state index is 13.1. The number of rotatable bonds is 6. The summed E-state index contributed by atoms with van der Waals surface area (Å²) < 4.78 is 29.7. The number of nitrogens with zero attached hydrogens (tertiary/aromatic N) is 2. The van der Waals surface area contributed by atoms with Crippen molar-refractivity contribution in [2.75, 3.05) is 12.4 Å². The second-order valence-corrected chi connectivity index (χ2v) is 8.48. The summed E-state index contributed by atoms with van der Waals surface area (Å²) in [6, 6.07) is 22.3. The number of para-hydroxylation sites is 1. The summed E-state index contributed by atoms with van der Waals surface area (Å²) in [6.07, 6.45) is 1.66. The van der Waals surface area contributed by atoms with E-state index >= 15 is 0 Å². The van der Waals surface area contributed by atoms with Crippen LogP contribution in [-0.2, 0) is 10.0 Å². The van der Waals surface area contributed by atoms with Gasteiger partial charge in [-0.2, -0.15) is 5.10 Å². The van der Waals surface area contributed by atoms with Crippen molar-refractivity contribution in [2.24, 2.45) is 5.14 Å². The van der Waals surface area contributed by atoms with Crippen molar-refractivity contribution in [3.63, 3.8) is 0 Å². The molecule has 0 radical (unpaired) electrons. The molecule has 3 N–H and O–H groups in total. The molecule has 0 aliphatic carbocycles. The third kappa shape index (κ3) is 4.53. The Kier molecular flexibility index (Phi) is 5.76. The zero-order valence-electron chi connectivity index (χ0n) is 17.1. The molecule has 32 heavy (non-hydrogen) atoms. The molecule has 0 spiro atoms. The van der Waals surface area contributed by atoms with Gasteiger partial charge in [-0.05, 0) is 60.7 Å². The Hall–Kier alpha value is -3.95. The molecule has 0 saturated heterocycles. The topological polar surface area (TPSA) is 116 Å². The number of anilines is 1. The number of sulfonamides is 1. The highest BCUT2D eigenvalue weighted by atomic mass is 32.2. The quantitative estimate of drug-likeness (QED) is 0.469. The Bertz CT molecular complexity index is 1350. The SMILES string of the molecule is COc1ccc(-c2nn(-c3ccccc3)cc2C(=O)Nc2ccc(S(N)(=O)=O)cc2)cc1. The highest BCUT2D eigenvalue weighted by molar-refractivity contribution is 7.89. The molecule has 4 rings (SSSR count). The van der Waals surface area contributed by atoms with Gasteiger partial charge in [-0.25, -0.2) is 18.2 Å². The van der Waals surface area contributed by atoms with E-state index in [2.05, 4.69) is 10.4 Å². The molecule has 0 saturated carbocycles. The van der Waals surface area contributed by atoms with E-state index in [1.807, 2.05) is 42.5 Å². The molecule has 1 aromatic heterocycles. The van der Waals surface area contributed by atoms with E-state index in [1.54, 1.807) is 30.1 Å². The monoisotopic (exact) mass is 448 g/mol. The number of hydrogen-bond donors (Lipinski definition) is 2. The predicted molar refractivity (Wildman–Crippen MR) is 121 cm³/mol. The maximum atomic E-state index is 13.1. The van der Waals surface area contributed by atoms with Crippen molar-refractivity contribution in [3.05, 3.63) is 90.6 Å². The number of ether oxygens (including phenoxy) is 1. The number of primary sulfonamides is 1. The first kappa shape index (κ1) is 21.3. The standard InChI is InChI=1S/C23H20N4O4S/c1-31-19-11-7-16(8-12-19)22-21(15-27(26-22)18-5-3-2-4-6-18)23(28)25-17-9-13-20(14-10-17)32(24,29)30/h2-15H,1H3,(H,25,28)(H2,24,29,30). The van der Waals surface area contributed by atoms with Crippen molar-refractivity contribution in [1.82, 2.24) is 9.78 Å². The van der Waals surface area contributed by atoms with Gasteiger partial charge in [0.1, 0.15) is 11.4 Å². The maximum Gasteiger partial charge on any atom is 0.259 e. The molecular formula is C23H20N4O4S. The normalized spacial score (nSPS) is 11.2. The smallest absolute Gasteiger partial charge is 0.259 e. The van der Waals surface area contributed by atoms with Gasteiger partial charge < -0.3 is 10.1 Å². The minimum Gasteiger partial charge on any atom is -0.497 e. The van der Waals surface area contributed by atoms with Crippen molar-refractivity contribution in [3.8, 4) is 22.7 Å². The molecule has 1 amide bonds. The minimum atomic E-state index is -3.81. The van der Waals surface area contributed by atoms with Crippen LogP contribution < -0.4 is 15.2 Å². The molecule has 0 unspecified atom stereocenters. The largest absolute Gasteiger partial charge is 0.497 e. The lowest BCUT2D eigenvalue weighted by Crippen LogP contribution is -2.14. The van der Waals surface area contributed by atoms with E-state index in [4.69, 9.17) is 9.88 Å². The Morgan fingerprint density at radius 1 is 0.969 bits per heavy atom. The first-order valence-electron chi connectivity index (χ1n) is 9.59. The van der Waals surface area contributed by atoms with Crippen molar-refractivity contribution in [2.45, 2.75) is 4.90 Å². The van der Waals surface area contributed by atoms with E-state index < -0.39 is 10.0 Å². The van der Waals surface area contributed by atoms with Gasteiger partial charge in [0.15, 0.2) is 0 Å². The zero-order valence-corrected chi connectivity index (χ0v) is 17.9. The van der Waals surface area contributed by atoms with Gasteiger partial charge in [-0.1, -0.05) is 18.2 Å². The fourth-order valence-electron chi connectivity index (χ4n) is 3.14. The molecule has 1 heterocycles. The van der Waals surface area contributed by atoms with Gasteiger partial charge in [-0.15, -0.1) is 0 Å². The van der Waals surface area contributed by atoms with Crippen molar-refractivity contribution >= 4 is 21.6 Å². The van der Waals surface area contributed by atoms with Crippen molar-refractivity contribution < 1.29 is 17.9 Å². The van der Waals surface area contributed by atoms with E-state index in [0.29, 0.717) is 22.7 Å². The molecule has 8 nitrogen and oxygen atoms in total. The van der Waals surface area contributed by atoms with Crippen LogP contribution in [0.25, 0.3) is 16.9 Å². The molecular weight excluding hydrogens is 428 g/mol. The van der Waals surface area contributed by atoms with Crippen LogP contribution >= 0.6 is 0 Å². The fourth-order valence-corrected chi connectivity index (χ4v) is 3.66. The lowest BCUT2D eigenvalue weighted by atomic mass is 10.1. The molecule has 0 bridgehead atoms. The lowest BCUT2D eigenvalue weighted by molar-refractivity contribution is 0.102. The molecule has 162 valence electrons. The number of hydrogen-bond acceptors (Lipinski definition) is 5. The summed E-state index contributed by atoms with van der Waals surface area (Å²) in [5, 5.41) is 12.5. The van der Waals surface area contributed by atoms with E-state index in [-0.39, 0.29) is 10.8 Å². The first-order chi connectivity index (χ1) is 15.3. The highest BCUT2D eigenvalue weighted by Gasteiger charge is 2.19. The molecule has 0 aliphatic heterocycles. The Labute approximate surface area is 185 Å². The Morgan fingerprint density at radius 2 is 1.62 bits per heavy atom. The predicted octanol–water partition coefficient (Wildman–Crippen LogP) is 3.45. The summed E-state index contributed by atoms with van der Waals surface area (Å²) in [6.45, 7) is 0. The summed E-state index contributed by atoms with van der Waals surface area (Å²) in [4.78, 5) is 13.1. The molecule has 9 heteroatoms. The van der Waals surface area contributed by atoms with Crippen LogP contribution in [0.15, 0.2) is 90.0 Å². The molecule has 4 aromatic rings. The molecule has 0 fully saturated rings. The second kappa shape index (κ2) is 8.66. The number of carbonyl (C=O) groups excluding carboxylic acids is 1. The minimum absolute atomic E-state index is 0.0358. The van der Waals surface area contributed by atoms with E-state index in [1.165, 1.54) is 24.3 Å². The van der Waals surface area contributed by atoms with E-state index in [0.717, 1.165) is 11.3 Å². The number of nitrogens with two attached hydrogens (primary N) is 1.